The van der Waals surface area contributed by atoms with E-state index in [0.717, 1.165) is 6.54 Å². The highest BCUT2D eigenvalue weighted by Gasteiger charge is 2.09. The Bertz CT molecular complexity index is 139. The molecule has 1 atom stereocenters. The molecule has 0 fully saturated rings. The van der Waals surface area contributed by atoms with Crippen LogP contribution in [0.3, 0.4) is 0 Å². The summed E-state index contributed by atoms with van der Waals surface area (Å²) in [6.45, 7) is 3.24. The Labute approximate surface area is 91.5 Å². The van der Waals surface area contributed by atoms with Crippen LogP contribution in [0.25, 0.3) is 0 Å². The van der Waals surface area contributed by atoms with Crippen LogP contribution in [0.2, 0.25) is 0 Å². The Kier molecular flexibility index (Phi) is 9.15. The molecule has 0 saturated heterocycles. The first-order valence-corrected chi connectivity index (χ1v) is 6.59. The molecule has 0 rings (SSSR count). The van der Waals surface area contributed by atoms with Gasteiger partial charge in [0, 0.05) is 24.2 Å². The van der Waals surface area contributed by atoms with Crippen molar-refractivity contribution >= 4 is 23.4 Å². The number of hydrogen-bond acceptors (Lipinski definition) is 2. The van der Waals surface area contributed by atoms with Crippen LogP contribution in [0.5, 0.6) is 0 Å². The first-order chi connectivity index (χ1) is 6.26. The van der Waals surface area contributed by atoms with E-state index >= 15 is 0 Å². The lowest BCUT2D eigenvalue weighted by Gasteiger charge is -2.25. The minimum Gasteiger partial charge on any atom is -0.299 e. The molecule has 0 spiro atoms. The summed E-state index contributed by atoms with van der Waals surface area (Å²) >= 11 is 7.46. The molecule has 0 aliphatic heterocycles. The number of halogens is 1. The number of thioether (sulfide) groups is 1. The number of nitrogens with zero attached hydrogens (tertiary/aromatic N) is 1. The van der Waals surface area contributed by atoms with Crippen molar-refractivity contribution in [2.75, 3.05) is 31.5 Å². The molecule has 0 aromatic heterocycles. The molecule has 0 aromatic rings. The summed E-state index contributed by atoms with van der Waals surface area (Å²) in [6.07, 6.45) is 7.51. The van der Waals surface area contributed by atoms with Crippen LogP contribution in [0.4, 0.5) is 0 Å². The molecule has 0 aliphatic carbocycles. The van der Waals surface area contributed by atoms with Crippen molar-refractivity contribution in [1.29, 1.82) is 0 Å². The average molecular weight is 222 g/mol. The summed E-state index contributed by atoms with van der Waals surface area (Å²) in [5.41, 5.74) is 0. The topological polar surface area (TPSA) is 3.24 Å². The molecule has 13 heavy (non-hydrogen) atoms. The third kappa shape index (κ3) is 6.42. The van der Waals surface area contributed by atoms with Gasteiger partial charge in [0.15, 0.2) is 0 Å². The van der Waals surface area contributed by atoms with Gasteiger partial charge in [0.1, 0.15) is 0 Å². The molecule has 1 nitrogen and oxygen atoms in total. The summed E-state index contributed by atoms with van der Waals surface area (Å²) in [7, 11) is 2.17. The Hall–Kier alpha value is 0.340. The second kappa shape index (κ2) is 8.92. The second-order valence-corrected chi connectivity index (χ2v) is 4.30. The maximum Gasteiger partial charge on any atom is 0.0404 e. The van der Waals surface area contributed by atoms with Crippen molar-refractivity contribution in [3.05, 3.63) is 12.2 Å². The van der Waals surface area contributed by atoms with E-state index in [-0.39, 0.29) is 0 Å². The molecule has 0 radical (unpaired) electrons. The molecule has 0 amide bonds. The smallest absolute Gasteiger partial charge is 0.0404 e. The minimum absolute atomic E-state index is 0.618. The molecule has 0 aliphatic rings. The van der Waals surface area contributed by atoms with Gasteiger partial charge >= 0.3 is 0 Å². The van der Waals surface area contributed by atoms with Crippen LogP contribution in [-0.2, 0) is 0 Å². The van der Waals surface area contributed by atoms with Gasteiger partial charge in [-0.2, -0.15) is 11.8 Å². The van der Waals surface area contributed by atoms with Gasteiger partial charge in [-0.15, -0.1) is 11.6 Å². The highest BCUT2D eigenvalue weighted by Crippen LogP contribution is 2.07. The zero-order valence-corrected chi connectivity index (χ0v) is 10.4. The van der Waals surface area contributed by atoms with Gasteiger partial charge in [-0.05, 0) is 19.7 Å². The van der Waals surface area contributed by atoms with E-state index in [4.69, 9.17) is 11.6 Å². The fraction of sp³-hybridized carbons (Fsp3) is 0.800. The predicted molar refractivity (Wildman–Crippen MR) is 65.0 cm³/mol. The van der Waals surface area contributed by atoms with Crippen LogP contribution >= 0.6 is 23.4 Å². The molecule has 0 heterocycles. The SMILES string of the molecule is CCC(CSC)N(C)C/C=C/CCl. The lowest BCUT2D eigenvalue weighted by Crippen LogP contribution is -2.33. The Morgan fingerprint density at radius 3 is 2.62 bits per heavy atom. The molecular weight excluding hydrogens is 202 g/mol. The van der Waals surface area contributed by atoms with Crippen molar-refractivity contribution in [1.82, 2.24) is 4.90 Å². The third-order valence-electron chi connectivity index (χ3n) is 2.10. The van der Waals surface area contributed by atoms with Gasteiger partial charge in [0.2, 0.25) is 0 Å². The average Bonchev–Trinajstić information content (AvgIpc) is 2.14. The maximum atomic E-state index is 5.55. The summed E-state index contributed by atoms with van der Waals surface area (Å²) in [6, 6.07) is 0.690. The fourth-order valence-electron chi connectivity index (χ4n) is 1.20. The molecule has 0 saturated carbocycles. The molecule has 1 unspecified atom stereocenters. The van der Waals surface area contributed by atoms with E-state index in [2.05, 4.69) is 31.2 Å². The van der Waals surface area contributed by atoms with Crippen LogP contribution in [0, 0.1) is 0 Å². The second-order valence-electron chi connectivity index (χ2n) is 3.08. The van der Waals surface area contributed by atoms with E-state index in [1.165, 1.54) is 12.2 Å². The lowest BCUT2D eigenvalue weighted by molar-refractivity contribution is 0.282. The van der Waals surface area contributed by atoms with Crippen LogP contribution in [0.15, 0.2) is 12.2 Å². The van der Waals surface area contributed by atoms with Crippen molar-refractivity contribution in [3.8, 4) is 0 Å². The molecule has 3 heteroatoms. The Morgan fingerprint density at radius 1 is 1.46 bits per heavy atom. The number of rotatable bonds is 7. The van der Waals surface area contributed by atoms with Gasteiger partial charge in [-0.3, -0.25) is 4.90 Å². The number of hydrogen-bond donors (Lipinski definition) is 0. The zero-order valence-electron chi connectivity index (χ0n) is 8.79. The summed E-state index contributed by atoms with van der Waals surface area (Å²) in [5, 5.41) is 0. The zero-order chi connectivity index (χ0) is 10.1. The summed E-state index contributed by atoms with van der Waals surface area (Å²) < 4.78 is 0. The number of alkyl halides is 1. The van der Waals surface area contributed by atoms with E-state index in [1.807, 2.05) is 17.8 Å². The minimum atomic E-state index is 0.618. The molecule has 0 aromatic carbocycles. The van der Waals surface area contributed by atoms with Crippen LogP contribution < -0.4 is 0 Å². The summed E-state index contributed by atoms with van der Waals surface area (Å²) in [4.78, 5) is 2.37. The van der Waals surface area contributed by atoms with Crippen molar-refractivity contribution in [3.63, 3.8) is 0 Å². The van der Waals surface area contributed by atoms with E-state index < -0.39 is 0 Å². The first-order valence-electron chi connectivity index (χ1n) is 4.66. The van der Waals surface area contributed by atoms with Gasteiger partial charge in [0.25, 0.3) is 0 Å². The number of allylic oxidation sites excluding steroid dienone is 1. The predicted octanol–water partition coefficient (Wildman–Crippen LogP) is 2.85. The van der Waals surface area contributed by atoms with Gasteiger partial charge in [-0.25, -0.2) is 0 Å². The largest absolute Gasteiger partial charge is 0.299 e. The summed E-state index contributed by atoms with van der Waals surface area (Å²) in [5.74, 6) is 1.83. The maximum absolute atomic E-state index is 5.55. The van der Waals surface area contributed by atoms with Crippen LogP contribution in [0.1, 0.15) is 13.3 Å². The van der Waals surface area contributed by atoms with E-state index in [1.54, 1.807) is 0 Å². The number of likely N-dealkylation sites (N-methyl/N-ethyl adjacent to an activating group) is 1. The molecule has 78 valence electrons. The highest BCUT2D eigenvalue weighted by molar-refractivity contribution is 7.98. The monoisotopic (exact) mass is 221 g/mol. The van der Waals surface area contributed by atoms with E-state index in [0.29, 0.717) is 11.9 Å². The highest BCUT2D eigenvalue weighted by atomic mass is 35.5. The van der Waals surface area contributed by atoms with Crippen molar-refractivity contribution < 1.29 is 0 Å². The Morgan fingerprint density at radius 2 is 2.15 bits per heavy atom. The quantitative estimate of drug-likeness (QED) is 0.481. The van der Waals surface area contributed by atoms with Crippen molar-refractivity contribution in [2.24, 2.45) is 0 Å². The molecular formula is C10H20ClNS. The fourth-order valence-corrected chi connectivity index (χ4v) is 2.20. The Balaban J connectivity index is 3.76. The first kappa shape index (κ1) is 13.3. The lowest BCUT2D eigenvalue weighted by atomic mass is 10.2. The van der Waals surface area contributed by atoms with E-state index in [9.17, 15) is 0 Å². The van der Waals surface area contributed by atoms with Gasteiger partial charge < -0.3 is 0 Å². The van der Waals surface area contributed by atoms with Crippen LogP contribution in [-0.4, -0.2) is 42.4 Å². The van der Waals surface area contributed by atoms with Crippen molar-refractivity contribution in [2.45, 2.75) is 19.4 Å². The molecule has 0 bridgehead atoms. The third-order valence-corrected chi connectivity index (χ3v) is 3.00. The standard InChI is InChI=1S/C10H20ClNS/c1-4-10(9-13-3)12(2)8-6-5-7-11/h5-6,10H,4,7-9H2,1-3H3/b6-5+. The normalized spacial score (nSPS) is 14.2. The van der Waals surface area contributed by atoms with Gasteiger partial charge in [0.05, 0.1) is 0 Å². The van der Waals surface area contributed by atoms with Gasteiger partial charge in [-0.1, -0.05) is 19.1 Å². The molecule has 0 N–H and O–H groups in total.